The number of fused-ring (bicyclic) bond motifs is 2. The van der Waals surface area contributed by atoms with Crippen molar-refractivity contribution in [1.29, 1.82) is 0 Å². The van der Waals surface area contributed by atoms with Gasteiger partial charge in [-0.3, -0.25) is 9.69 Å². The van der Waals surface area contributed by atoms with E-state index in [1.807, 2.05) is 41.3 Å². The highest BCUT2D eigenvalue weighted by Gasteiger charge is 2.27. The van der Waals surface area contributed by atoms with Gasteiger partial charge in [0.05, 0.1) is 24.5 Å². The van der Waals surface area contributed by atoms with E-state index in [0.29, 0.717) is 6.54 Å². The number of benzene rings is 2. The molecule has 0 bridgehead atoms. The Hall–Kier alpha value is -2.39. The molecule has 4 rings (SSSR count). The summed E-state index contributed by atoms with van der Waals surface area (Å²) < 4.78 is 0. The van der Waals surface area contributed by atoms with Gasteiger partial charge in [-0.2, -0.15) is 0 Å². The van der Waals surface area contributed by atoms with Crippen LogP contribution in [0.5, 0.6) is 0 Å². The molecule has 2 aromatic rings. The second-order valence-electron chi connectivity index (χ2n) is 6.67. The number of hydrogen-bond donors (Lipinski definition) is 1. The Bertz CT molecular complexity index is 725. The Labute approximate surface area is 143 Å². The number of carbonyl (C=O) groups is 1. The molecule has 0 unspecified atom stereocenters. The zero-order valence-electron chi connectivity index (χ0n) is 13.9. The molecule has 1 saturated heterocycles. The van der Waals surface area contributed by atoms with Crippen LogP contribution in [0.2, 0.25) is 0 Å². The fraction of sp³-hybridized carbons (Fsp3) is 0.286. The average molecular weight is 319 g/mol. The van der Waals surface area contributed by atoms with Crippen molar-refractivity contribution < 1.29 is 9.69 Å². The summed E-state index contributed by atoms with van der Waals surface area (Å²) in [6.07, 6.45) is 7.98. The van der Waals surface area contributed by atoms with Gasteiger partial charge in [0.1, 0.15) is 0 Å². The predicted molar refractivity (Wildman–Crippen MR) is 98.4 cm³/mol. The minimum Gasteiger partial charge on any atom is -0.327 e. The third-order valence-corrected chi connectivity index (χ3v) is 5.01. The first kappa shape index (κ1) is 15.2. The number of rotatable bonds is 2. The third kappa shape index (κ3) is 2.87. The average Bonchev–Trinajstić information content (AvgIpc) is 2.79. The number of para-hydroxylation sites is 2. The summed E-state index contributed by atoms with van der Waals surface area (Å²) in [5.74, 6) is 0.190. The first-order valence-electron chi connectivity index (χ1n) is 8.85. The summed E-state index contributed by atoms with van der Waals surface area (Å²) >= 11 is 0. The Morgan fingerprint density at radius 2 is 1.38 bits per heavy atom. The molecule has 2 aliphatic heterocycles. The van der Waals surface area contributed by atoms with Gasteiger partial charge in [0.15, 0.2) is 6.54 Å². The number of nitrogens with one attached hydrogen (secondary N) is 1. The molecule has 1 fully saturated rings. The lowest BCUT2D eigenvalue weighted by molar-refractivity contribution is -0.896. The molecule has 2 aromatic carbocycles. The van der Waals surface area contributed by atoms with E-state index in [1.165, 1.54) is 24.2 Å². The lowest BCUT2D eigenvalue weighted by atomic mass is 10.1. The summed E-state index contributed by atoms with van der Waals surface area (Å²) in [4.78, 5) is 16.6. The van der Waals surface area contributed by atoms with Gasteiger partial charge >= 0.3 is 0 Å². The minimum absolute atomic E-state index is 0.190. The van der Waals surface area contributed by atoms with Gasteiger partial charge in [-0.05, 0) is 42.5 Å². The fourth-order valence-corrected chi connectivity index (χ4v) is 3.76. The molecular formula is C21H23N2O+. The van der Waals surface area contributed by atoms with Gasteiger partial charge in [-0.1, -0.05) is 48.6 Å². The normalized spacial score (nSPS) is 17.1. The number of amides is 1. The molecule has 24 heavy (non-hydrogen) atoms. The quantitative estimate of drug-likeness (QED) is 0.904. The van der Waals surface area contributed by atoms with Crippen LogP contribution >= 0.6 is 0 Å². The molecular weight excluding hydrogens is 296 g/mol. The van der Waals surface area contributed by atoms with Crippen molar-refractivity contribution in [1.82, 2.24) is 0 Å². The van der Waals surface area contributed by atoms with Crippen LogP contribution in [0.3, 0.4) is 0 Å². The number of piperidine rings is 1. The van der Waals surface area contributed by atoms with Gasteiger partial charge in [0.2, 0.25) is 0 Å². The molecule has 1 amide bonds. The van der Waals surface area contributed by atoms with Gasteiger partial charge in [-0.15, -0.1) is 0 Å². The van der Waals surface area contributed by atoms with Gasteiger partial charge in [-0.25, -0.2) is 0 Å². The maximum atomic E-state index is 13.2. The predicted octanol–water partition coefficient (Wildman–Crippen LogP) is 2.90. The standard InChI is InChI=1S/C21H22N2O/c24-21(16-22-14-6-1-7-15-22)23-19-10-4-2-8-17(19)12-13-18-9-3-5-11-20(18)23/h2-5,8-13H,1,6-7,14-16H2/p+1. The van der Waals surface area contributed by atoms with Crippen molar-refractivity contribution in [3.8, 4) is 0 Å². The number of quaternary nitrogens is 1. The van der Waals surface area contributed by atoms with Crippen molar-refractivity contribution in [3.63, 3.8) is 0 Å². The Morgan fingerprint density at radius 3 is 1.96 bits per heavy atom. The lowest BCUT2D eigenvalue weighted by Crippen LogP contribution is -3.13. The summed E-state index contributed by atoms with van der Waals surface area (Å²) in [6.45, 7) is 2.80. The molecule has 0 aliphatic carbocycles. The van der Waals surface area contributed by atoms with Crippen LogP contribution in [0.1, 0.15) is 30.4 Å². The molecule has 0 atom stereocenters. The summed E-state index contributed by atoms with van der Waals surface area (Å²) in [7, 11) is 0. The van der Waals surface area contributed by atoms with E-state index < -0.39 is 0 Å². The van der Waals surface area contributed by atoms with E-state index in [2.05, 4.69) is 24.3 Å². The van der Waals surface area contributed by atoms with Gasteiger partial charge in [0.25, 0.3) is 5.91 Å². The topological polar surface area (TPSA) is 24.8 Å². The fourth-order valence-electron chi connectivity index (χ4n) is 3.76. The molecule has 122 valence electrons. The molecule has 3 nitrogen and oxygen atoms in total. The van der Waals surface area contributed by atoms with Crippen LogP contribution in [-0.4, -0.2) is 25.5 Å². The minimum atomic E-state index is 0.190. The molecule has 2 heterocycles. The van der Waals surface area contributed by atoms with Crippen LogP contribution in [0.4, 0.5) is 11.4 Å². The third-order valence-electron chi connectivity index (χ3n) is 5.01. The largest absolute Gasteiger partial charge is 0.327 e. The van der Waals surface area contributed by atoms with E-state index in [9.17, 15) is 4.79 Å². The van der Waals surface area contributed by atoms with Crippen LogP contribution in [-0.2, 0) is 4.79 Å². The second kappa shape index (κ2) is 6.62. The number of anilines is 2. The lowest BCUT2D eigenvalue weighted by Gasteiger charge is -2.28. The monoisotopic (exact) mass is 319 g/mol. The van der Waals surface area contributed by atoms with E-state index in [4.69, 9.17) is 0 Å². The van der Waals surface area contributed by atoms with E-state index in [-0.39, 0.29) is 5.91 Å². The number of likely N-dealkylation sites (tertiary alicyclic amines) is 1. The molecule has 0 spiro atoms. The zero-order chi connectivity index (χ0) is 16.4. The van der Waals surface area contributed by atoms with Crippen molar-refractivity contribution in [2.75, 3.05) is 24.5 Å². The first-order chi connectivity index (χ1) is 11.8. The Kier molecular flexibility index (Phi) is 4.18. The number of hydrogen-bond acceptors (Lipinski definition) is 1. The number of carbonyl (C=O) groups excluding carboxylic acids is 1. The van der Waals surface area contributed by atoms with Crippen molar-refractivity contribution in [2.45, 2.75) is 19.3 Å². The molecule has 0 saturated carbocycles. The van der Waals surface area contributed by atoms with Crippen LogP contribution in [0.25, 0.3) is 12.2 Å². The molecule has 0 radical (unpaired) electrons. The highest BCUT2D eigenvalue weighted by Crippen LogP contribution is 2.35. The number of nitrogens with zero attached hydrogens (tertiary/aromatic N) is 1. The van der Waals surface area contributed by atoms with E-state index in [1.54, 1.807) is 0 Å². The zero-order valence-corrected chi connectivity index (χ0v) is 13.9. The van der Waals surface area contributed by atoms with E-state index >= 15 is 0 Å². The van der Waals surface area contributed by atoms with Gasteiger partial charge in [0, 0.05) is 0 Å². The summed E-state index contributed by atoms with van der Waals surface area (Å²) in [6, 6.07) is 16.3. The SMILES string of the molecule is O=C(C[NH+]1CCCCC1)N1c2ccccc2C=Cc2ccccc21. The highest BCUT2D eigenvalue weighted by molar-refractivity contribution is 6.06. The van der Waals surface area contributed by atoms with Gasteiger partial charge < -0.3 is 4.90 Å². The summed E-state index contributed by atoms with van der Waals surface area (Å²) in [5, 5.41) is 0. The van der Waals surface area contributed by atoms with E-state index in [0.717, 1.165) is 35.6 Å². The highest BCUT2D eigenvalue weighted by atomic mass is 16.2. The molecule has 1 N–H and O–H groups in total. The summed E-state index contributed by atoms with van der Waals surface area (Å²) in [5.41, 5.74) is 4.16. The Morgan fingerprint density at radius 1 is 0.833 bits per heavy atom. The van der Waals surface area contributed by atoms with Crippen LogP contribution < -0.4 is 9.80 Å². The Balaban J connectivity index is 1.72. The molecule has 3 heteroatoms. The maximum absolute atomic E-state index is 13.2. The van der Waals surface area contributed by atoms with Crippen LogP contribution in [0, 0.1) is 0 Å². The van der Waals surface area contributed by atoms with Crippen molar-refractivity contribution in [3.05, 3.63) is 59.7 Å². The van der Waals surface area contributed by atoms with Crippen LogP contribution in [0.15, 0.2) is 48.5 Å². The first-order valence-corrected chi connectivity index (χ1v) is 8.85. The maximum Gasteiger partial charge on any atom is 0.286 e. The van der Waals surface area contributed by atoms with Crippen molar-refractivity contribution >= 4 is 29.4 Å². The molecule has 0 aromatic heterocycles. The smallest absolute Gasteiger partial charge is 0.286 e. The molecule has 2 aliphatic rings. The second-order valence-corrected chi connectivity index (χ2v) is 6.67. The van der Waals surface area contributed by atoms with Crippen molar-refractivity contribution in [2.24, 2.45) is 0 Å².